The average Bonchev–Trinajstić information content (AvgIpc) is 2.34. The second-order valence-electron chi connectivity index (χ2n) is 5.80. The lowest BCUT2D eigenvalue weighted by atomic mass is 9.87. The number of rotatable bonds is 6. The van der Waals surface area contributed by atoms with Crippen molar-refractivity contribution in [1.29, 1.82) is 0 Å². The summed E-state index contributed by atoms with van der Waals surface area (Å²) in [6.07, 6.45) is 7.32. The number of ether oxygens (including phenoxy) is 1. The number of allylic oxidation sites excluding steroid dienone is 2. The molecule has 0 aromatic carbocycles. The lowest BCUT2D eigenvalue weighted by Crippen LogP contribution is -2.28. The van der Waals surface area contributed by atoms with Crippen LogP contribution < -0.4 is 0 Å². The van der Waals surface area contributed by atoms with Gasteiger partial charge in [-0.1, -0.05) is 12.2 Å². The highest BCUT2D eigenvalue weighted by molar-refractivity contribution is 7.46. The Kier molecular flexibility index (Phi) is 10.4. The van der Waals surface area contributed by atoms with Gasteiger partial charge in [0.2, 0.25) is 0 Å². The summed E-state index contributed by atoms with van der Waals surface area (Å²) in [4.78, 5) is 19.4. The van der Waals surface area contributed by atoms with Gasteiger partial charge < -0.3 is 19.4 Å². The molecule has 2 N–H and O–H groups in total. The van der Waals surface area contributed by atoms with E-state index < -0.39 is 13.9 Å². The van der Waals surface area contributed by atoms with Crippen LogP contribution in [0.15, 0.2) is 12.2 Å². The molecule has 0 amide bonds. The van der Waals surface area contributed by atoms with Crippen molar-refractivity contribution in [1.82, 2.24) is 4.90 Å². The van der Waals surface area contributed by atoms with Gasteiger partial charge in [0.05, 0.1) is 12.2 Å². The minimum atomic E-state index is -4.40. The SMILES string of the molecule is CN(C)C.COC(CC(C)OP(=O)(O)O)C1CC=CCC1. The van der Waals surface area contributed by atoms with Gasteiger partial charge in [0.25, 0.3) is 0 Å². The zero-order valence-corrected chi connectivity index (χ0v) is 14.6. The number of hydrogen-bond acceptors (Lipinski definition) is 4. The molecule has 0 aromatic rings. The van der Waals surface area contributed by atoms with Crippen molar-refractivity contribution in [2.45, 2.75) is 44.8 Å². The van der Waals surface area contributed by atoms with Crippen LogP contribution in [0.5, 0.6) is 0 Å². The molecule has 1 aliphatic carbocycles. The highest BCUT2D eigenvalue weighted by atomic mass is 31.2. The van der Waals surface area contributed by atoms with E-state index in [0.29, 0.717) is 12.3 Å². The molecule has 7 heteroatoms. The van der Waals surface area contributed by atoms with E-state index in [2.05, 4.69) is 16.7 Å². The summed E-state index contributed by atoms with van der Waals surface area (Å²) in [5.74, 6) is 0.410. The summed E-state index contributed by atoms with van der Waals surface area (Å²) in [5.41, 5.74) is 0. The lowest BCUT2D eigenvalue weighted by Gasteiger charge is -2.29. The van der Waals surface area contributed by atoms with Crippen LogP contribution in [0.1, 0.15) is 32.6 Å². The van der Waals surface area contributed by atoms with Gasteiger partial charge in [-0.2, -0.15) is 0 Å². The number of methoxy groups -OCH3 is 1. The molecule has 1 aliphatic rings. The third kappa shape index (κ3) is 12.0. The van der Waals surface area contributed by atoms with Gasteiger partial charge in [0.1, 0.15) is 0 Å². The smallest absolute Gasteiger partial charge is 0.381 e. The van der Waals surface area contributed by atoms with Crippen LogP contribution >= 0.6 is 7.82 Å². The molecule has 6 nitrogen and oxygen atoms in total. The predicted octanol–water partition coefficient (Wildman–Crippen LogP) is 2.42. The summed E-state index contributed by atoms with van der Waals surface area (Å²) < 4.78 is 20.7. The minimum Gasteiger partial charge on any atom is -0.381 e. The summed E-state index contributed by atoms with van der Waals surface area (Å²) in [6, 6.07) is 0. The molecule has 21 heavy (non-hydrogen) atoms. The van der Waals surface area contributed by atoms with Crippen LogP contribution in [0.4, 0.5) is 0 Å². The summed E-state index contributed by atoms with van der Waals surface area (Å²) in [7, 11) is 3.23. The summed E-state index contributed by atoms with van der Waals surface area (Å²) in [5, 5.41) is 0. The zero-order chi connectivity index (χ0) is 16.5. The predicted molar refractivity (Wildman–Crippen MR) is 84.1 cm³/mol. The van der Waals surface area contributed by atoms with Gasteiger partial charge in [0.15, 0.2) is 0 Å². The molecule has 1 rings (SSSR count). The van der Waals surface area contributed by atoms with Crippen molar-refractivity contribution >= 4 is 7.82 Å². The number of phosphoric ester groups is 1. The van der Waals surface area contributed by atoms with Gasteiger partial charge in [-0.25, -0.2) is 4.57 Å². The fourth-order valence-electron chi connectivity index (χ4n) is 2.24. The van der Waals surface area contributed by atoms with Crippen LogP contribution in [0.25, 0.3) is 0 Å². The van der Waals surface area contributed by atoms with E-state index in [9.17, 15) is 4.57 Å². The van der Waals surface area contributed by atoms with E-state index in [4.69, 9.17) is 14.5 Å². The van der Waals surface area contributed by atoms with Crippen molar-refractivity contribution in [3.63, 3.8) is 0 Å². The Morgan fingerprint density at radius 1 is 1.33 bits per heavy atom. The highest BCUT2D eigenvalue weighted by Crippen LogP contribution is 2.39. The number of nitrogens with zero attached hydrogens (tertiary/aromatic N) is 1. The zero-order valence-electron chi connectivity index (χ0n) is 13.7. The second-order valence-corrected chi connectivity index (χ2v) is 6.99. The van der Waals surface area contributed by atoms with Crippen LogP contribution in [0.2, 0.25) is 0 Å². The Hall–Kier alpha value is -0.230. The number of hydrogen-bond donors (Lipinski definition) is 2. The Balaban J connectivity index is 0.000000885. The Morgan fingerprint density at radius 2 is 1.90 bits per heavy atom. The van der Waals surface area contributed by atoms with E-state index in [1.165, 1.54) is 0 Å². The first kappa shape index (κ1) is 20.8. The van der Waals surface area contributed by atoms with Gasteiger partial charge >= 0.3 is 7.82 Å². The fourth-order valence-corrected chi connectivity index (χ4v) is 2.80. The first-order valence-corrected chi connectivity index (χ1v) is 8.71. The molecule has 0 spiro atoms. The molecule has 0 radical (unpaired) electrons. The summed E-state index contributed by atoms with van der Waals surface area (Å²) >= 11 is 0. The molecule has 0 aliphatic heterocycles. The van der Waals surface area contributed by atoms with Crippen molar-refractivity contribution in [3.8, 4) is 0 Å². The Labute approximate surface area is 128 Å². The van der Waals surface area contributed by atoms with Crippen LogP contribution in [-0.4, -0.2) is 55.1 Å². The Bertz CT molecular complexity index is 340. The largest absolute Gasteiger partial charge is 0.469 e. The average molecular weight is 323 g/mol. The van der Waals surface area contributed by atoms with E-state index >= 15 is 0 Å². The maximum atomic E-state index is 10.7. The number of phosphoric acid groups is 1. The van der Waals surface area contributed by atoms with Gasteiger partial charge in [-0.05, 0) is 53.2 Å². The maximum Gasteiger partial charge on any atom is 0.469 e. The van der Waals surface area contributed by atoms with Crippen LogP contribution in [-0.2, 0) is 13.8 Å². The monoisotopic (exact) mass is 323 g/mol. The van der Waals surface area contributed by atoms with E-state index in [1.807, 2.05) is 26.0 Å². The summed E-state index contributed by atoms with van der Waals surface area (Å²) in [6.45, 7) is 1.66. The van der Waals surface area contributed by atoms with E-state index in [1.54, 1.807) is 14.0 Å². The van der Waals surface area contributed by atoms with E-state index in [-0.39, 0.29) is 6.10 Å². The maximum absolute atomic E-state index is 10.7. The van der Waals surface area contributed by atoms with Crippen molar-refractivity contribution in [3.05, 3.63) is 12.2 Å². The molecule has 0 saturated heterocycles. The van der Waals surface area contributed by atoms with Crippen LogP contribution in [0.3, 0.4) is 0 Å². The van der Waals surface area contributed by atoms with Crippen molar-refractivity contribution in [2.24, 2.45) is 5.92 Å². The first-order chi connectivity index (χ1) is 9.65. The van der Waals surface area contributed by atoms with E-state index in [0.717, 1.165) is 19.3 Å². The first-order valence-electron chi connectivity index (χ1n) is 7.18. The third-order valence-electron chi connectivity index (χ3n) is 3.02. The molecule has 0 saturated carbocycles. The molecule has 0 aromatic heterocycles. The Morgan fingerprint density at radius 3 is 2.29 bits per heavy atom. The van der Waals surface area contributed by atoms with Crippen molar-refractivity contribution < 1.29 is 23.6 Å². The molecule has 0 heterocycles. The quantitative estimate of drug-likeness (QED) is 0.577. The molecular formula is C14H30NO5P. The van der Waals surface area contributed by atoms with Crippen LogP contribution in [0, 0.1) is 5.92 Å². The van der Waals surface area contributed by atoms with Gasteiger partial charge in [0, 0.05) is 13.5 Å². The highest BCUT2D eigenvalue weighted by Gasteiger charge is 2.26. The molecular weight excluding hydrogens is 293 g/mol. The van der Waals surface area contributed by atoms with Gasteiger partial charge in [-0.3, -0.25) is 4.52 Å². The standard InChI is InChI=1S/C11H21O5P.C3H9N/c1-9(16-17(12,13)14)8-11(15-2)10-6-4-3-5-7-10;1-4(2)3/h3-4,9-11H,5-8H2,1-2H3,(H2,12,13,14);1-3H3. The molecule has 0 bridgehead atoms. The molecule has 3 unspecified atom stereocenters. The molecule has 3 atom stereocenters. The molecule has 0 fully saturated rings. The topological polar surface area (TPSA) is 79.2 Å². The third-order valence-corrected chi connectivity index (χ3v) is 3.65. The van der Waals surface area contributed by atoms with Crippen molar-refractivity contribution in [2.75, 3.05) is 28.3 Å². The normalized spacial score (nSPS) is 21.6. The lowest BCUT2D eigenvalue weighted by molar-refractivity contribution is 0.00987. The fraction of sp³-hybridized carbons (Fsp3) is 0.857. The van der Waals surface area contributed by atoms with Gasteiger partial charge in [-0.15, -0.1) is 0 Å². The second kappa shape index (κ2) is 10.5. The minimum absolute atomic E-state index is 0.0125. The molecule has 126 valence electrons.